The van der Waals surface area contributed by atoms with E-state index in [0.29, 0.717) is 24.0 Å². The molecule has 2 aromatic rings. The largest absolute Gasteiger partial charge is 0.347 e. The third-order valence-electron chi connectivity index (χ3n) is 3.05. The highest BCUT2D eigenvalue weighted by Gasteiger charge is 2.30. The number of aromatic nitrogens is 4. The molecule has 7 heteroatoms. The van der Waals surface area contributed by atoms with Crippen molar-refractivity contribution in [1.29, 1.82) is 0 Å². The molecule has 1 atom stereocenters. The second-order valence-electron chi connectivity index (χ2n) is 5.03. The van der Waals surface area contributed by atoms with Crippen LogP contribution >= 0.6 is 11.6 Å². The molecule has 1 unspecified atom stereocenters. The predicted octanol–water partition coefficient (Wildman–Crippen LogP) is 2.19. The average molecular weight is 295 g/mol. The van der Waals surface area contributed by atoms with Crippen molar-refractivity contribution >= 4 is 22.8 Å². The third kappa shape index (κ3) is 2.67. The van der Waals surface area contributed by atoms with Gasteiger partial charge in [-0.3, -0.25) is 0 Å². The first kappa shape index (κ1) is 13.5. The van der Waals surface area contributed by atoms with Crippen molar-refractivity contribution in [3.63, 3.8) is 0 Å². The molecule has 0 amide bonds. The number of ether oxygens (including phenoxy) is 2. The molecule has 0 aromatic carbocycles. The van der Waals surface area contributed by atoms with Gasteiger partial charge in [-0.15, -0.1) is 0 Å². The van der Waals surface area contributed by atoms with Gasteiger partial charge in [-0.25, -0.2) is 15.0 Å². The van der Waals surface area contributed by atoms with Crippen molar-refractivity contribution in [2.24, 2.45) is 0 Å². The lowest BCUT2D eigenvalue weighted by Gasteiger charge is -2.15. The molecule has 0 N–H and O–H groups in total. The first-order valence-electron chi connectivity index (χ1n) is 6.35. The highest BCUT2D eigenvalue weighted by Crippen LogP contribution is 2.23. The van der Waals surface area contributed by atoms with Gasteiger partial charge in [-0.1, -0.05) is 23.8 Å². The van der Waals surface area contributed by atoms with Crippen molar-refractivity contribution < 1.29 is 9.47 Å². The van der Waals surface area contributed by atoms with Gasteiger partial charge in [0.25, 0.3) is 0 Å². The summed E-state index contributed by atoms with van der Waals surface area (Å²) in [6, 6.07) is 0. The minimum absolute atomic E-state index is 0.0218. The molecule has 1 saturated heterocycles. The van der Waals surface area contributed by atoms with Gasteiger partial charge in [0.1, 0.15) is 17.9 Å². The summed E-state index contributed by atoms with van der Waals surface area (Å²) in [5, 5.41) is 0.405. The summed E-state index contributed by atoms with van der Waals surface area (Å²) in [5.41, 5.74) is 1.34. The van der Waals surface area contributed by atoms with Crippen LogP contribution in [0.4, 0.5) is 0 Å². The number of hydrogen-bond acceptors (Lipinski definition) is 5. The minimum atomic E-state index is -0.506. The van der Waals surface area contributed by atoms with E-state index in [-0.39, 0.29) is 6.10 Å². The minimum Gasteiger partial charge on any atom is -0.347 e. The maximum Gasteiger partial charge on any atom is 0.182 e. The molecule has 1 aliphatic rings. The van der Waals surface area contributed by atoms with Gasteiger partial charge in [0.15, 0.2) is 16.6 Å². The quantitative estimate of drug-likeness (QED) is 0.641. The molecule has 0 bridgehead atoms. The molecule has 6 nitrogen and oxygen atoms in total. The van der Waals surface area contributed by atoms with Crippen molar-refractivity contribution in [1.82, 2.24) is 19.5 Å². The predicted molar refractivity (Wildman–Crippen MR) is 74.4 cm³/mol. The zero-order chi connectivity index (χ0) is 14.2. The Bertz CT molecular complexity index is 653. The molecule has 0 spiro atoms. The summed E-state index contributed by atoms with van der Waals surface area (Å²) in [6.45, 7) is 5.00. The first-order valence-corrected chi connectivity index (χ1v) is 6.73. The lowest BCUT2D eigenvalue weighted by Crippen LogP contribution is -2.20. The Morgan fingerprint density at radius 1 is 1.45 bits per heavy atom. The van der Waals surface area contributed by atoms with Gasteiger partial charge >= 0.3 is 0 Å². The fourth-order valence-electron chi connectivity index (χ4n) is 2.15. The molecular weight excluding hydrogens is 280 g/mol. The van der Waals surface area contributed by atoms with Crippen LogP contribution in [0.3, 0.4) is 0 Å². The van der Waals surface area contributed by atoms with Gasteiger partial charge in [-0.05, 0) is 13.8 Å². The van der Waals surface area contributed by atoms with Crippen LogP contribution in [0.5, 0.6) is 0 Å². The zero-order valence-corrected chi connectivity index (χ0v) is 12.0. The Kier molecular flexibility index (Phi) is 3.45. The molecule has 0 radical (unpaired) electrons. The Morgan fingerprint density at radius 2 is 2.30 bits per heavy atom. The smallest absolute Gasteiger partial charge is 0.182 e. The fourth-order valence-corrected chi connectivity index (χ4v) is 2.38. The standard InChI is InChI=1S/C13H15ClN4O2/c1-13(2)19-6-9(20-13)4-3-5-18-8-17-12-10(18)11(14)15-7-16-12/h3-4,7-9H,5-6H2,1-2H3/b4-3+. The van der Waals surface area contributed by atoms with Crippen LogP contribution in [-0.4, -0.2) is 38.0 Å². The highest BCUT2D eigenvalue weighted by atomic mass is 35.5. The molecule has 3 rings (SSSR count). The molecule has 0 aliphatic carbocycles. The number of imidazole rings is 1. The Balaban J connectivity index is 1.72. The molecule has 20 heavy (non-hydrogen) atoms. The molecule has 106 valence electrons. The van der Waals surface area contributed by atoms with Gasteiger partial charge in [0, 0.05) is 6.54 Å². The van der Waals surface area contributed by atoms with Gasteiger partial charge in [0.2, 0.25) is 0 Å². The fraction of sp³-hybridized carbons (Fsp3) is 0.462. The van der Waals surface area contributed by atoms with E-state index >= 15 is 0 Å². The van der Waals surface area contributed by atoms with Crippen molar-refractivity contribution in [3.8, 4) is 0 Å². The van der Waals surface area contributed by atoms with E-state index in [1.807, 2.05) is 30.6 Å². The SMILES string of the molecule is CC1(C)OCC(/C=C/Cn2cnc3ncnc(Cl)c32)O1. The summed E-state index contributed by atoms with van der Waals surface area (Å²) < 4.78 is 13.1. The topological polar surface area (TPSA) is 62.1 Å². The monoisotopic (exact) mass is 294 g/mol. The van der Waals surface area contributed by atoms with Crippen LogP contribution in [0.1, 0.15) is 13.8 Å². The van der Waals surface area contributed by atoms with Crippen LogP contribution in [-0.2, 0) is 16.0 Å². The van der Waals surface area contributed by atoms with Crippen LogP contribution in [0.2, 0.25) is 5.15 Å². The van der Waals surface area contributed by atoms with Crippen molar-refractivity contribution in [3.05, 3.63) is 30.0 Å². The Morgan fingerprint density at radius 3 is 3.05 bits per heavy atom. The second kappa shape index (κ2) is 5.12. The van der Waals surface area contributed by atoms with E-state index < -0.39 is 5.79 Å². The number of nitrogens with zero attached hydrogens (tertiary/aromatic N) is 4. The number of hydrogen-bond donors (Lipinski definition) is 0. The normalized spacial score (nSPS) is 22.1. The number of halogens is 1. The van der Waals surface area contributed by atoms with E-state index in [0.717, 1.165) is 5.52 Å². The molecule has 0 saturated carbocycles. The number of fused-ring (bicyclic) bond motifs is 1. The summed E-state index contributed by atoms with van der Waals surface area (Å²) in [7, 11) is 0. The second-order valence-corrected chi connectivity index (χ2v) is 5.39. The van der Waals surface area contributed by atoms with Gasteiger partial charge in [0.05, 0.1) is 12.9 Å². The van der Waals surface area contributed by atoms with Crippen molar-refractivity contribution in [2.45, 2.75) is 32.3 Å². The van der Waals surface area contributed by atoms with Crippen LogP contribution in [0.25, 0.3) is 11.2 Å². The molecule has 2 aromatic heterocycles. The van der Waals surface area contributed by atoms with E-state index in [1.54, 1.807) is 6.33 Å². The average Bonchev–Trinajstić information content (AvgIpc) is 2.95. The maximum absolute atomic E-state index is 6.07. The van der Waals surface area contributed by atoms with Crippen LogP contribution in [0.15, 0.2) is 24.8 Å². The Hall–Kier alpha value is -1.50. The van der Waals surface area contributed by atoms with E-state index in [1.165, 1.54) is 6.33 Å². The summed E-state index contributed by atoms with van der Waals surface area (Å²) in [4.78, 5) is 12.2. The molecule has 1 aliphatic heterocycles. The molecule has 3 heterocycles. The maximum atomic E-state index is 6.07. The van der Waals surface area contributed by atoms with E-state index in [9.17, 15) is 0 Å². The van der Waals surface area contributed by atoms with Gasteiger partial charge in [-0.2, -0.15) is 0 Å². The first-order chi connectivity index (χ1) is 9.55. The summed E-state index contributed by atoms with van der Waals surface area (Å²) in [5.74, 6) is -0.506. The Labute approximate surface area is 121 Å². The van der Waals surface area contributed by atoms with Crippen LogP contribution < -0.4 is 0 Å². The van der Waals surface area contributed by atoms with Crippen LogP contribution in [0, 0.1) is 0 Å². The van der Waals surface area contributed by atoms with Crippen molar-refractivity contribution in [2.75, 3.05) is 6.61 Å². The van der Waals surface area contributed by atoms with E-state index in [4.69, 9.17) is 21.1 Å². The lowest BCUT2D eigenvalue weighted by atomic mass is 10.3. The number of allylic oxidation sites excluding steroid dienone is 1. The summed E-state index contributed by atoms with van der Waals surface area (Å²) in [6.07, 6.45) is 7.07. The lowest BCUT2D eigenvalue weighted by molar-refractivity contribution is -0.133. The highest BCUT2D eigenvalue weighted by molar-refractivity contribution is 6.33. The molecular formula is C13H15ClN4O2. The zero-order valence-electron chi connectivity index (χ0n) is 11.3. The third-order valence-corrected chi connectivity index (χ3v) is 3.32. The number of rotatable bonds is 3. The summed E-state index contributed by atoms with van der Waals surface area (Å²) >= 11 is 6.07. The van der Waals surface area contributed by atoms with E-state index in [2.05, 4.69) is 15.0 Å². The van der Waals surface area contributed by atoms with Gasteiger partial charge < -0.3 is 14.0 Å². The molecule has 1 fully saturated rings.